The molecule has 0 atom stereocenters. The first-order chi connectivity index (χ1) is 13.2. The highest BCUT2D eigenvalue weighted by Crippen LogP contribution is 2.39. The third-order valence-electron chi connectivity index (χ3n) is 4.62. The monoisotopic (exact) mass is 363 g/mol. The maximum Gasteiger partial charge on any atom is 0.254 e. The van der Waals surface area contributed by atoms with Crippen molar-refractivity contribution in [2.45, 2.75) is 6.54 Å². The number of pyridine rings is 1. The number of anilines is 1. The number of hydrogen-bond acceptors (Lipinski definition) is 5. The second kappa shape index (κ2) is 7.11. The van der Waals surface area contributed by atoms with E-state index in [1.54, 1.807) is 24.1 Å². The Balaban J connectivity index is 1.81. The van der Waals surface area contributed by atoms with E-state index in [1.165, 1.54) is 0 Å². The Kier molecular flexibility index (Phi) is 4.50. The Labute approximate surface area is 157 Å². The summed E-state index contributed by atoms with van der Waals surface area (Å²) in [6.07, 6.45) is 7.36. The molecule has 0 saturated heterocycles. The third kappa shape index (κ3) is 3.36. The van der Waals surface area contributed by atoms with Crippen LogP contribution < -0.4 is 15.0 Å². The molecular weight excluding hydrogens is 342 g/mol. The van der Waals surface area contributed by atoms with Gasteiger partial charge in [0.05, 0.1) is 24.0 Å². The van der Waals surface area contributed by atoms with Gasteiger partial charge in [0.1, 0.15) is 6.61 Å². The van der Waals surface area contributed by atoms with Gasteiger partial charge < -0.3 is 15.0 Å². The summed E-state index contributed by atoms with van der Waals surface area (Å²) in [5.74, 6) is 0.456. The lowest BCUT2D eigenvalue weighted by atomic mass is 10.0. The number of aromatic nitrogens is 3. The molecule has 0 fully saturated rings. The summed E-state index contributed by atoms with van der Waals surface area (Å²) < 4.78 is 7.65. The van der Waals surface area contributed by atoms with E-state index >= 15 is 0 Å². The zero-order valence-corrected chi connectivity index (χ0v) is 15.3. The topological polar surface area (TPSA) is 72.3 Å². The van der Waals surface area contributed by atoms with Crippen molar-refractivity contribution in [3.05, 3.63) is 60.2 Å². The summed E-state index contributed by atoms with van der Waals surface area (Å²) in [5, 5.41) is 6.96. The number of aryl methyl sites for hydroxylation is 1. The zero-order valence-electron chi connectivity index (χ0n) is 15.3. The van der Waals surface area contributed by atoms with E-state index in [1.807, 2.05) is 37.6 Å². The smallest absolute Gasteiger partial charge is 0.254 e. The van der Waals surface area contributed by atoms with Gasteiger partial charge in [-0.25, -0.2) is 0 Å². The molecule has 7 heteroatoms. The molecule has 0 aliphatic carbocycles. The molecule has 0 saturated carbocycles. The lowest BCUT2D eigenvalue weighted by Crippen LogP contribution is -2.33. The fraction of sp³-hybridized carbons (Fsp3) is 0.250. The Bertz CT molecular complexity index is 968. The predicted molar refractivity (Wildman–Crippen MR) is 103 cm³/mol. The predicted octanol–water partition coefficient (Wildman–Crippen LogP) is 2.24. The number of fused-ring (bicyclic) bond motifs is 1. The van der Waals surface area contributed by atoms with Crippen molar-refractivity contribution in [2.75, 3.05) is 25.1 Å². The van der Waals surface area contributed by atoms with Crippen molar-refractivity contribution >= 4 is 11.6 Å². The summed E-state index contributed by atoms with van der Waals surface area (Å²) >= 11 is 0. The Morgan fingerprint density at radius 3 is 2.89 bits per heavy atom. The molecule has 4 rings (SSSR count). The van der Waals surface area contributed by atoms with Crippen LogP contribution in [0.1, 0.15) is 15.9 Å². The van der Waals surface area contributed by atoms with Crippen LogP contribution in [0.15, 0.2) is 49.1 Å². The maximum absolute atomic E-state index is 12.5. The summed E-state index contributed by atoms with van der Waals surface area (Å²) in [4.78, 5) is 18.9. The molecule has 1 N–H and O–H groups in total. The molecule has 27 heavy (non-hydrogen) atoms. The summed E-state index contributed by atoms with van der Waals surface area (Å²) in [7, 11) is 3.50. The Morgan fingerprint density at radius 1 is 1.30 bits per heavy atom. The first-order valence-corrected chi connectivity index (χ1v) is 8.81. The van der Waals surface area contributed by atoms with Gasteiger partial charge in [0.25, 0.3) is 5.91 Å². The summed E-state index contributed by atoms with van der Waals surface area (Å²) in [5.41, 5.74) is 4.44. The lowest BCUT2D eigenvalue weighted by molar-refractivity contribution is 0.0958. The molecule has 138 valence electrons. The molecule has 0 bridgehead atoms. The minimum Gasteiger partial charge on any atom is -0.489 e. The van der Waals surface area contributed by atoms with E-state index < -0.39 is 0 Å². The third-order valence-corrected chi connectivity index (χ3v) is 4.62. The van der Waals surface area contributed by atoms with E-state index in [0.29, 0.717) is 24.5 Å². The van der Waals surface area contributed by atoms with Gasteiger partial charge in [0.2, 0.25) is 0 Å². The van der Waals surface area contributed by atoms with E-state index in [0.717, 1.165) is 28.9 Å². The zero-order chi connectivity index (χ0) is 18.8. The average molecular weight is 363 g/mol. The number of carbonyl (C=O) groups excluding carboxylic acids is 1. The lowest BCUT2D eigenvalue weighted by Gasteiger charge is -2.32. The largest absolute Gasteiger partial charge is 0.489 e. The van der Waals surface area contributed by atoms with E-state index in [2.05, 4.69) is 26.4 Å². The SMILES string of the molecule is CNC(=O)c1cc(-c2cnn(C)c2)cc2c1OCCN2Cc1cccnc1. The van der Waals surface area contributed by atoms with Crippen LogP contribution in [-0.4, -0.2) is 40.9 Å². The number of amides is 1. The molecule has 1 aromatic carbocycles. The van der Waals surface area contributed by atoms with E-state index in [-0.39, 0.29) is 5.91 Å². The van der Waals surface area contributed by atoms with E-state index in [9.17, 15) is 4.79 Å². The van der Waals surface area contributed by atoms with Crippen molar-refractivity contribution in [1.29, 1.82) is 0 Å². The van der Waals surface area contributed by atoms with Crippen LogP contribution in [0.4, 0.5) is 5.69 Å². The number of carbonyl (C=O) groups is 1. The highest BCUT2D eigenvalue weighted by molar-refractivity contribution is 6.00. The number of nitrogens with zero attached hydrogens (tertiary/aromatic N) is 4. The van der Waals surface area contributed by atoms with Crippen LogP contribution in [0, 0.1) is 0 Å². The first-order valence-electron chi connectivity index (χ1n) is 8.81. The maximum atomic E-state index is 12.5. The molecule has 0 unspecified atom stereocenters. The first kappa shape index (κ1) is 17.1. The second-order valence-corrected chi connectivity index (χ2v) is 6.49. The fourth-order valence-corrected chi connectivity index (χ4v) is 3.30. The van der Waals surface area contributed by atoms with Crippen molar-refractivity contribution in [3.8, 4) is 16.9 Å². The van der Waals surface area contributed by atoms with Crippen LogP contribution in [0.5, 0.6) is 5.75 Å². The molecule has 7 nitrogen and oxygen atoms in total. The number of rotatable bonds is 4. The number of benzene rings is 1. The molecule has 1 aliphatic heterocycles. The van der Waals surface area contributed by atoms with Crippen molar-refractivity contribution in [3.63, 3.8) is 0 Å². The molecule has 1 aliphatic rings. The van der Waals surface area contributed by atoms with Gasteiger partial charge in [0.15, 0.2) is 5.75 Å². The quantitative estimate of drug-likeness (QED) is 0.770. The fourth-order valence-electron chi connectivity index (χ4n) is 3.30. The number of nitrogens with one attached hydrogen (secondary N) is 1. The van der Waals surface area contributed by atoms with Gasteiger partial charge in [-0.3, -0.25) is 14.5 Å². The van der Waals surface area contributed by atoms with Crippen LogP contribution in [0.3, 0.4) is 0 Å². The van der Waals surface area contributed by atoms with Crippen molar-refractivity contribution in [2.24, 2.45) is 7.05 Å². The standard InChI is InChI=1S/C20H21N5O2/c1-21-20(26)17-8-15(16-11-23-24(2)13-16)9-18-19(17)27-7-6-25(18)12-14-4-3-5-22-10-14/h3-5,8-11,13H,6-7,12H2,1-2H3,(H,21,26). The van der Waals surface area contributed by atoms with Crippen LogP contribution >= 0.6 is 0 Å². The molecule has 0 radical (unpaired) electrons. The van der Waals surface area contributed by atoms with Crippen molar-refractivity contribution < 1.29 is 9.53 Å². The molecular formula is C20H21N5O2. The minimum absolute atomic E-state index is 0.166. The average Bonchev–Trinajstić information content (AvgIpc) is 3.14. The second-order valence-electron chi connectivity index (χ2n) is 6.49. The van der Waals surface area contributed by atoms with Crippen LogP contribution in [-0.2, 0) is 13.6 Å². The molecule has 3 aromatic rings. The van der Waals surface area contributed by atoms with E-state index in [4.69, 9.17) is 4.74 Å². The summed E-state index contributed by atoms with van der Waals surface area (Å²) in [6, 6.07) is 7.90. The van der Waals surface area contributed by atoms with Crippen LogP contribution in [0.25, 0.3) is 11.1 Å². The Hall–Kier alpha value is -3.35. The highest BCUT2D eigenvalue weighted by atomic mass is 16.5. The van der Waals surface area contributed by atoms with Gasteiger partial charge in [-0.1, -0.05) is 6.07 Å². The van der Waals surface area contributed by atoms with Crippen LogP contribution in [0.2, 0.25) is 0 Å². The Morgan fingerprint density at radius 2 is 2.19 bits per heavy atom. The van der Waals surface area contributed by atoms with Gasteiger partial charge >= 0.3 is 0 Å². The minimum atomic E-state index is -0.166. The van der Waals surface area contributed by atoms with Gasteiger partial charge in [-0.15, -0.1) is 0 Å². The van der Waals surface area contributed by atoms with Gasteiger partial charge in [-0.05, 0) is 29.3 Å². The normalized spacial score (nSPS) is 13.0. The van der Waals surface area contributed by atoms with Gasteiger partial charge in [-0.2, -0.15) is 5.10 Å². The number of ether oxygens (including phenoxy) is 1. The highest BCUT2D eigenvalue weighted by Gasteiger charge is 2.25. The molecule has 2 aromatic heterocycles. The molecule has 0 spiro atoms. The number of hydrogen-bond donors (Lipinski definition) is 1. The molecule has 3 heterocycles. The van der Waals surface area contributed by atoms with Gasteiger partial charge in [0, 0.05) is 44.8 Å². The summed E-state index contributed by atoms with van der Waals surface area (Å²) in [6.45, 7) is 1.98. The van der Waals surface area contributed by atoms with Crippen molar-refractivity contribution in [1.82, 2.24) is 20.1 Å². The molecule has 1 amide bonds.